The summed E-state index contributed by atoms with van der Waals surface area (Å²) in [5.74, 6) is -0.865. The van der Waals surface area contributed by atoms with Crippen molar-refractivity contribution in [2.75, 3.05) is 12.8 Å². The predicted molar refractivity (Wildman–Crippen MR) is 77.0 cm³/mol. The van der Waals surface area contributed by atoms with Gasteiger partial charge in [-0.25, -0.2) is 13.8 Å². The van der Waals surface area contributed by atoms with Crippen LogP contribution in [0, 0.1) is 11.6 Å². The van der Waals surface area contributed by atoms with Gasteiger partial charge in [0.15, 0.2) is 11.6 Å². The number of ether oxygens (including phenoxy) is 1. The molecule has 21 heavy (non-hydrogen) atoms. The Balaban J connectivity index is 2.30. The third-order valence-electron chi connectivity index (χ3n) is 3.12. The first kappa shape index (κ1) is 13.6. The lowest BCUT2D eigenvalue weighted by Gasteiger charge is -2.08. The van der Waals surface area contributed by atoms with Gasteiger partial charge in [-0.15, -0.1) is 0 Å². The van der Waals surface area contributed by atoms with Crippen molar-refractivity contribution in [3.8, 4) is 11.4 Å². The molecule has 108 valence electrons. The average molecular weight is 310 g/mol. The van der Waals surface area contributed by atoms with Gasteiger partial charge in [0.1, 0.15) is 5.82 Å². The maximum Gasteiger partial charge on any atom is 0.205 e. The molecule has 0 saturated carbocycles. The van der Waals surface area contributed by atoms with E-state index in [-0.39, 0.29) is 16.7 Å². The largest absolute Gasteiger partial charge is 0.494 e. The molecular weight excluding hydrogens is 300 g/mol. The van der Waals surface area contributed by atoms with Crippen LogP contribution >= 0.6 is 11.6 Å². The topological polar surface area (TPSA) is 53.1 Å². The lowest BCUT2D eigenvalue weighted by Crippen LogP contribution is -2.01. The number of fused-ring (bicyclic) bond motifs is 1. The number of hydrogen-bond donors (Lipinski definition) is 1. The van der Waals surface area contributed by atoms with Crippen LogP contribution in [0.3, 0.4) is 0 Å². The monoisotopic (exact) mass is 309 g/mol. The summed E-state index contributed by atoms with van der Waals surface area (Å²) < 4.78 is 33.5. The number of benzene rings is 2. The first-order valence-corrected chi connectivity index (χ1v) is 6.36. The second-order valence-electron chi connectivity index (χ2n) is 4.38. The smallest absolute Gasteiger partial charge is 0.205 e. The fourth-order valence-corrected chi connectivity index (χ4v) is 2.32. The number of rotatable bonds is 2. The number of anilines is 1. The van der Waals surface area contributed by atoms with Gasteiger partial charge in [0.05, 0.1) is 28.9 Å². The molecule has 0 amide bonds. The molecule has 0 unspecified atom stereocenters. The zero-order chi connectivity index (χ0) is 15.1. The highest BCUT2D eigenvalue weighted by atomic mass is 35.5. The number of nitrogen functional groups attached to an aromatic ring is 1. The van der Waals surface area contributed by atoms with Crippen LogP contribution in [0.5, 0.6) is 5.75 Å². The summed E-state index contributed by atoms with van der Waals surface area (Å²) in [4.78, 5) is 4.09. The van der Waals surface area contributed by atoms with Crippen LogP contribution in [0.4, 0.5) is 14.7 Å². The highest BCUT2D eigenvalue weighted by Crippen LogP contribution is 2.30. The van der Waals surface area contributed by atoms with Crippen LogP contribution in [-0.4, -0.2) is 16.7 Å². The zero-order valence-corrected chi connectivity index (χ0v) is 11.7. The number of nitrogens with two attached hydrogens (primary N) is 1. The van der Waals surface area contributed by atoms with E-state index in [1.807, 2.05) is 0 Å². The fourth-order valence-electron chi connectivity index (χ4n) is 2.15. The minimum Gasteiger partial charge on any atom is -0.494 e. The van der Waals surface area contributed by atoms with Gasteiger partial charge in [-0.2, -0.15) is 0 Å². The SMILES string of the molecule is COc1cc2c(cc1F)nc(N)n2-c1ccc(F)c(Cl)c1. The molecule has 7 heteroatoms. The molecule has 2 aromatic carbocycles. The molecule has 0 fully saturated rings. The molecule has 2 N–H and O–H groups in total. The molecule has 1 heterocycles. The van der Waals surface area contributed by atoms with Crippen molar-refractivity contribution in [3.05, 3.63) is 47.0 Å². The molecule has 0 spiro atoms. The highest BCUT2D eigenvalue weighted by Gasteiger charge is 2.15. The van der Waals surface area contributed by atoms with Crippen molar-refractivity contribution in [2.24, 2.45) is 0 Å². The van der Waals surface area contributed by atoms with Crippen molar-refractivity contribution in [3.63, 3.8) is 0 Å². The van der Waals surface area contributed by atoms with Crippen molar-refractivity contribution >= 4 is 28.6 Å². The van der Waals surface area contributed by atoms with Crippen LogP contribution in [0.25, 0.3) is 16.7 Å². The Kier molecular flexibility index (Phi) is 3.17. The highest BCUT2D eigenvalue weighted by molar-refractivity contribution is 6.30. The number of methoxy groups -OCH3 is 1. The van der Waals surface area contributed by atoms with E-state index in [0.717, 1.165) is 0 Å². The van der Waals surface area contributed by atoms with Gasteiger partial charge in [-0.05, 0) is 18.2 Å². The second kappa shape index (κ2) is 4.89. The van der Waals surface area contributed by atoms with E-state index < -0.39 is 11.6 Å². The minimum absolute atomic E-state index is 0.0390. The first-order chi connectivity index (χ1) is 10.0. The summed E-state index contributed by atoms with van der Waals surface area (Å²) >= 11 is 5.78. The van der Waals surface area contributed by atoms with Gasteiger partial charge < -0.3 is 10.5 Å². The first-order valence-electron chi connectivity index (χ1n) is 5.98. The van der Waals surface area contributed by atoms with E-state index in [2.05, 4.69) is 4.98 Å². The number of nitrogens with zero attached hydrogens (tertiary/aromatic N) is 2. The normalized spacial score (nSPS) is 11.0. The van der Waals surface area contributed by atoms with Gasteiger partial charge in [-0.3, -0.25) is 4.57 Å². The Morgan fingerprint density at radius 2 is 1.95 bits per heavy atom. The predicted octanol–water partition coefficient (Wildman–Crippen LogP) is 3.55. The number of aromatic nitrogens is 2. The van der Waals surface area contributed by atoms with E-state index in [9.17, 15) is 8.78 Å². The van der Waals surface area contributed by atoms with Crippen molar-refractivity contribution in [1.82, 2.24) is 9.55 Å². The van der Waals surface area contributed by atoms with E-state index >= 15 is 0 Å². The molecule has 0 saturated heterocycles. The molecule has 0 aliphatic rings. The Labute approximate surface area is 123 Å². The Morgan fingerprint density at radius 1 is 1.19 bits per heavy atom. The van der Waals surface area contributed by atoms with E-state index in [1.165, 1.54) is 37.4 Å². The fraction of sp³-hybridized carbons (Fsp3) is 0.0714. The van der Waals surface area contributed by atoms with Crippen LogP contribution < -0.4 is 10.5 Å². The third-order valence-corrected chi connectivity index (χ3v) is 3.41. The second-order valence-corrected chi connectivity index (χ2v) is 4.79. The molecule has 3 rings (SSSR count). The van der Waals surface area contributed by atoms with E-state index in [4.69, 9.17) is 22.1 Å². The summed E-state index contributed by atoms with van der Waals surface area (Å²) in [5, 5.41) is -0.0390. The molecular formula is C14H10ClF2N3O. The molecule has 0 radical (unpaired) electrons. The van der Waals surface area contributed by atoms with Crippen LogP contribution in [-0.2, 0) is 0 Å². The van der Waals surface area contributed by atoms with Gasteiger partial charge >= 0.3 is 0 Å². The van der Waals surface area contributed by atoms with Crippen molar-refractivity contribution < 1.29 is 13.5 Å². The molecule has 0 aliphatic heterocycles. The Bertz CT molecular complexity index is 848. The van der Waals surface area contributed by atoms with Gasteiger partial charge in [-0.1, -0.05) is 11.6 Å². The summed E-state index contributed by atoms with van der Waals surface area (Å²) in [7, 11) is 1.36. The summed E-state index contributed by atoms with van der Waals surface area (Å²) in [6.07, 6.45) is 0. The molecule has 0 bridgehead atoms. The summed E-state index contributed by atoms with van der Waals surface area (Å²) in [5.41, 5.74) is 7.29. The maximum atomic E-state index is 13.7. The molecule has 1 aromatic heterocycles. The molecule has 0 atom stereocenters. The van der Waals surface area contributed by atoms with Crippen molar-refractivity contribution in [2.45, 2.75) is 0 Å². The zero-order valence-electron chi connectivity index (χ0n) is 10.9. The average Bonchev–Trinajstić information content (AvgIpc) is 2.76. The lowest BCUT2D eigenvalue weighted by molar-refractivity contribution is 0.387. The maximum absolute atomic E-state index is 13.7. The van der Waals surface area contributed by atoms with Gasteiger partial charge in [0, 0.05) is 12.1 Å². The summed E-state index contributed by atoms with van der Waals surface area (Å²) in [6, 6.07) is 6.86. The van der Waals surface area contributed by atoms with E-state index in [0.29, 0.717) is 16.7 Å². The minimum atomic E-state index is -0.535. The Hall–Kier alpha value is -2.34. The summed E-state index contributed by atoms with van der Waals surface area (Å²) in [6.45, 7) is 0. The number of halogens is 3. The quantitative estimate of drug-likeness (QED) is 0.787. The Morgan fingerprint density at radius 3 is 2.62 bits per heavy atom. The van der Waals surface area contributed by atoms with Crippen LogP contribution in [0.2, 0.25) is 5.02 Å². The molecule has 4 nitrogen and oxygen atoms in total. The van der Waals surface area contributed by atoms with Gasteiger partial charge in [0.25, 0.3) is 0 Å². The molecule has 3 aromatic rings. The van der Waals surface area contributed by atoms with Crippen molar-refractivity contribution in [1.29, 1.82) is 0 Å². The van der Waals surface area contributed by atoms with Gasteiger partial charge in [0.2, 0.25) is 5.95 Å². The molecule has 0 aliphatic carbocycles. The standard InChI is InChI=1S/C14H10ClF2N3O/c1-21-13-6-12-11(5-10(13)17)19-14(18)20(12)7-2-3-9(16)8(15)4-7/h2-6H,1H3,(H2,18,19). The van der Waals surface area contributed by atoms with Crippen LogP contribution in [0.15, 0.2) is 30.3 Å². The number of hydrogen-bond acceptors (Lipinski definition) is 3. The van der Waals surface area contributed by atoms with E-state index in [1.54, 1.807) is 4.57 Å². The third kappa shape index (κ3) is 2.17. The number of imidazole rings is 1. The lowest BCUT2D eigenvalue weighted by atomic mass is 10.2. The van der Waals surface area contributed by atoms with Crippen LogP contribution in [0.1, 0.15) is 0 Å².